The summed E-state index contributed by atoms with van der Waals surface area (Å²) in [6.45, 7) is 7.64. The molecule has 0 aliphatic heterocycles. The van der Waals surface area contributed by atoms with Gasteiger partial charge in [-0.15, -0.1) is 0 Å². The maximum Gasteiger partial charge on any atom is 0.296 e. The second-order valence-electron chi connectivity index (χ2n) is 5.50. The molecule has 1 aliphatic rings. The number of benzene rings is 1. The summed E-state index contributed by atoms with van der Waals surface area (Å²) in [5.41, 5.74) is 13.6. The van der Waals surface area contributed by atoms with E-state index in [0.717, 1.165) is 24.0 Å². The van der Waals surface area contributed by atoms with Crippen LogP contribution in [0, 0.1) is 12.3 Å². The van der Waals surface area contributed by atoms with Gasteiger partial charge in [-0.1, -0.05) is 38.1 Å². The van der Waals surface area contributed by atoms with Crippen LogP contribution < -0.4 is 11.5 Å². The number of amides is 1. The van der Waals surface area contributed by atoms with Gasteiger partial charge in [-0.3, -0.25) is 10.2 Å². The molecule has 0 radical (unpaired) electrons. The first-order valence-corrected chi connectivity index (χ1v) is 7.84. The summed E-state index contributed by atoms with van der Waals surface area (Å²) in [7, 11) is 0. The summed E-state index contributed by atoms with van der Waals surface area (Å²) in [6, 6.07) is 7.97. The predicted octanol–water partition coefficient (Wildman–Crippen LogP) is 2.82. The zero-order valence-corrected chi connectivity index (χ0v) is 14.3. The first kappa shape index (κ1) is 18.6. The summed E-state index contributed by atoms with van der Waals surface area (Å²) >= 11 is 0. The third kappa shape index (κ3) is 4.28. The largest absolute Gasteiger partial charge is 0.402 e. The van der Waals surface area contributed by atoms with E-state index in [0.29, 0.717) is 5.70 Å². The van der Waals surface area contributed by atoms with Gasteiger partial charge in [0.2, 0.25) is 0 Å². The molecule has 1 aromatic carbocycles. The number of aryl methyl sites for hydroxylation is 1. The lowest BCUT2D eigenvalue weighted by Gasteiger charge is -2.17. The minimum atomic E-state index is -0.655. The van der Waals surface area contributed by atoms with Crippen LogP contribution in [-0.4, -0.2) is 17.5 Å². The molecule has 0 heterocycles. The Morgan fingerprint density at radius 2 is 1.83 bits per heavy atom. The van der Waals surface area contributed by atoms with Crippen molar-refractivity contribution in [3.63, 3.8) is 0 Å². The minimum absolute atomic E-state index is 0.251. The minimum Gasteiger partial charge on any atom is -0.402 e. The van der Waals surface area contributed by atoms with E-state index in [-0.39, 0.29) is 17.0 Å². The first-order chi connectivity index (χ1) is 10.9. The van der Waals surface area contributed by atoms with Gasteiger partial charge < -0.3 is 11.5 Å². The second kappa shape index (κ2) is 7.72. The molecule has 5 N–H and O–H groups in total. The monoisotopic (exact) mass is 314 g/mol. The maximum atomic E-state index is 11.9. The molecule has 1 aliphatic carbocycles. The van der Waals surface area contributed by atoms with Crippen LogP contribution in [0.25, 0.3) is 0 Å². The van der Waals surface area contributed by atoms with Gasteiger partial charge in [0.05, 0.1) is 5.41 Å². The summed E-state index contributed by atoms with van der Waals surface area (Å²) < 4.78 is 0. The highest BCUT2D eigenvalue weighted by molar-refractivity contribution is 6.44. The van der Waals surface area contributed by atoms with Crippen molar-refractivity contribution < 1.29 is 4.79 Å². The molecule has 0 spiro atoms. The number of hydrogen-bond acceptors (Lipinski definition) is 3. The van der Waals surface area contributed by atoms with Gasteiger partial charge >= 0.3 is 0 Å². The Labute approximate surface area is 138 Å². The number of allylic oxidation sites excluding steroid dienone is 1. The second-order valence-corrected chi connectivity index (χ2v) is 5.50. The SMILES string of the molecule is C/C(N)=C/C(=N)C(=O)N=C(N)C1(c2ccccc2C)CC1.CC. The fourth-order valence-electron chi connectivity index (χ4n) is 2.46. The van der Waals surface area contributed by atoms with E-state index in [1.54, 1.807) is 6.92 Å². The van der Waals surface area contributed by atoms with Crippen LogP contribution in [0.3, 0.4) is 0 Å². The van der Waals surface area contributed by atoms with Crippen LogP contribution >= 0.6 is 0 Å². The smallest absolute Gasteiger partial charge is 0.296 e. The van der Waals surface area contributed by atoms with Gasteiger partial charge in [0, 0.05) is 5.70 Å². The van der Waals surface area contributed by atoms with Crippen molar-refractivity contribution >= 4 is 17.5 Å². The quantitative estimate of drug-likeness (QED) is 0.587. The van der Waals surface area contributed by atoms with E-state index >= 15 is 0 Å². The maximum absolute atomic E-state index is 11.9. The summed E-state index contributed by atoms with van der Waals surface area (Å²) in [5.74, 6) is -0.369. The van der Waals surface area contributed by atoms with Crippen LogP contribution in [0.5, 0.6) is 0 Å². The summed E-state index contributed by atoms with van der Waals surface area (Å²) in [4.78, 5) is 15.8. The van der Waals surface area contributed by atoms with E-state index in [2.05, 4.69) is 4.99 Å². The molecule has 0 atom stereocenters. The van der Waals surface area contributed by atoms with E-state index in [4.69, 9.17) is 16.9 Å². The molecule has 0 unspecified atom stereocenters. The molecule has 23 heavy (non-hydrogen) atoms. The molecule has 124 valence electrons. The van der Waals surface area contributed by atoms with Crippen molar-refractivity contribution in [2.75, 3.05) is 0 Å². The number of amidine groups is 1. The third-order valence-electron chi connectivity index (χ3n) is 3.73. The summed E-state index contributed by atoms with van der Waals surface area (Å²) in [5, 5.41) is 7.62. The van der Waals surface area contributed by atoms with Crippen molar-refractivity contribution in [2.45, 2.75) is 46.0 Å². The van der Waals surface area contributed by atoms with Gasteiger partial charge in [-0.2, -0.15) is 4.99 Å². The van der Waals surface area contributed by atoms with Gasteiger partial charge in [-0.25, -0.2) is 0 Å². The standard InChI is InChI=1S/C16H20N4O.C2H6/c1-10-5-3-4-6-12(10)16(7-8-16)15(19)20-14(21)13(18)9-11(2)17;1-2/h3-6,9,18H,7-8,17H2,1-2H3,(H2,19,20,21);1-2H3/b11-9-,18-13?;. The molecule has 0 aromatic heterocycles. The van der Waals surface area contributed by atoms with Crippen LogP contribution in [0.4, 0.5) is 0 Å². The molecule has 0 saturated heterocycles. The van der Waals surface area contributed by atoms with Gasteiger partial charge in [-0.05, 0) is 43.9 Å². The average molecular weight is 314 g/mol. The fourth-order valence-corrected chi connectivity index (χ4v) is 2.46. The normalized spacial score (nSPS) is 16.2. The van der Waals surface area contributed by atoms with Crippen molar-refractivity contribution in [3.05, 3.63) is 47.2 Å². The fraction of sp³-hybridized carbons (Fsp3) is 0.389. The number of hydrogen-bond donors (Lipinski definition) is 3. The topological polar surface area (TPSA) is 105 Å². The van der Waals surface area contributed by atoms with Crippen molar-refractivity contribution in [1.82, 2.24) is 0 Å². The Kier molecular flexibility index (Phi) is 6.25. The molecule has 5 heteroatoms. The first-order valence-electron chi connectivity index (χ1n) is 7.84. The average Bonchev–Trinajstić information content (AvgIpc) is 3.30. The number of nitrogens with one attached hydrogen (secondary N) is 1. The van der Waals surface area contributed by atoms with Crippen LogP contribution in [0.15, 0.2) is 41.0 Å². The van der Waals surface area contributed by atoms with E-state index in [1.165, 1.54) is 6.08 Å². The Morgan fingerprint density at radius 1 is 1.26 bits per heavy atom. The number of nitrogens with zero attached hydrogens (tertiary/aromatic N) is 1. The van der Waals surface area contributed by atoms with E-state index in [9.17, 15) is 4.79 Å². The van der Waals surface area contributed by atoms with Gasteiger partial charge in [0.15, 0.2) is 0 Å². The Balaban J connectivity index is 0.00000127. The molecular formula is C18H26N4O. The number of rotatable bonds is 4. The molecule has 0 bridgehead atoms. The van der Waals surface area contributed by atoms with Crippen molar-refractivity contribution in [3.8, 4) is 0 Å². The van der Waals surface area contributed by atoms with E-state index in [1.807, 2.05) is 45.0 Å². The predicted molar refractivity (Wildman–Crippen MR) is 95.7 cm³/mol. The third-order valence-corrected chi connectivity index (χ3v) is 3.73. The highest BCUT2D eigenvalue weighted by Crippen LogP contribution is 2.49. The van der Waals surface area contributed by atoms with Crippen molar-refractivity contribution in [2.24, 2.45) is 16.5 Å². The van der Waals surface area contributed by atoms with Crippen LogP contribution in [-0.2, 0) is 10.2 Å². The van der Waals surface area contributed by atoms with Crippen LogP contribution in [0.1, 0.15) is 44.7 Å². The summed E-state index contributed by atoms with van der Waals surface area (Å²) in [6.07, 6.45) is 3.03. The molecule has 1 fully saturated rings. The zero-order valence-electron chi connectivity index (χ0n) is 14.3. The van der Waals surface area contributed by atoms with E-state index < -0.39 is 5.91 Å². The Bertz CT molecular complexity index is 651. The number of carbonyl (C=O) groups excluding carboxylic acids is 1. The molecule has 1 amide bonds. The molecule has 1 aromatic rings. The Morgan fingerprint density at radius 3 is 2.30 bits per heavy atom. The molecule has 2 rings (SSSR count). The van der Waals surface area contributed by atoms with Crippen LogP contribution in [0.2, 0.25) is 0 Å². The molecule has 5 nitrogen and oxygen atoms in total. The lowest BCUT2D eigenvalue weighted by molar-refractivity contribution is -0.111. The lowest BCUT2D eigenvalue weighted by Crippen LogP contribution is -2.31. The molecule has 1 saturated carbocycles. The lowest BCUT2D eigenvalue weighted by atomic mass is 9.91. The highest BCUT2D eigenvalue weighted by atomic mass is 16.1. The number of carbonyl (C=O) groups is 1. The highest BCUT2D eigenvalue weighted by Gasteiger charge is 2.49. The number of aliphatic imine (C=N–C) groups is 1. The van der Waals surface area contributed by atoms with Gasteiger partial charge in [0.1, 0.15) is 11.5 Å². The number of nitrogens with two attached hydrogens (primary N) is 2. The van der Waals surface area contributed by atoms with Gasteiger partial charge in [0.25, 0.3) is 5.91 Å². The zero-order chi connectivity index (χ0) is 17.6. The Hall–Kier alpha value is -2.43. The van der Waals surface area contributed by atoms with Crippen molar-refractivity contribution in [1.29, 1.82) is 5.41 Å². The molecular weight excluding hydrogens is 288 g/mol.